The number of carbonyl (C=O) groups excluding carboxylic acids is 1. The van der Waals surface area contributed by atoms with Crippen molar-refractivity contribution in [2.24, 2.45) is 0 Å². The summed E-state index contributed by atoms with van der Waals surface area (Å²) < 4.78 is 113. The van der Waals surface area contributed by atoms with Crippen LogP contribution in [-0.4, -0.2) is 19.1 Å². The molecule has 0 bridgehead atoms. The molecule has 1 amide bonds. The molecule has 23 heavy (non-hydrogen) atoms. The van der Waals surface area contributed by atoms with Crippen molar-refractivity contribution < 1.29 is 44.3 Å². The Labute approximate surface area is 127 Å². The molecule has 0 atom stereocenters. The quantitative estimate of drug-likeness (QED) is 0.545. The van der Waals surface area contributed by atoms with Crippen molar-refractivity contribution in [2.75, 3.05) is 11.4 Å². The van der Waals surface area contributed by atoms with Crippen LogP contribution in [0.2, 0.25) is 5.02 Å². The first-order valence-electron chi connectivity index (χ1n) is 5.43. The second kappa shape index (κ2) is 6.10. The van der Waals surface area contributed by atoms with Gasteiger partial charge in [-0.15, -0.1) is 0 Å². The van der Waals surface area contributed by atoms with Crippen LogP contribution in [0.5, 0.6) is 0 Å². The summed E-state index contributed by atoms with van der Waals surface area (Å²) in [4.78, 5) is 10.3. The minimum absolute atomic E-state index is 0.0578. The normalized spacial score (nSPS) is 13.1. The maximum Gasteiger partial charge on any atom is 0.417 e. The monoisotopic (exact) mass is 373 g/mol. The first kappa shape index (κ1) is 19.4. The Kier molecular flexibility index (Phi) is 5.14. The van der Waals surface area contributed by atoms with E-state index >= 15 is 0 Å². The van der Waals surface area contributed by atoms with Crippen LogP contribution in [0.1, 0.15) is 11.1 Å². The third-order valence-electron chi connectivity index (χ3n) is 2.48. The Hall–Kier alpha value is -1.65. The summed E-state index contributed by atoms with van der Waals surface area (Å²) in [5.74, 6) is 0. The highest BCUT2D eigenvalue weighted by Gasteiger charge is 2.42. The maximum absolute atomic E-state index is 12.7. The molecule has 0 aromatic heterocycles. The van der Waals surface area contributed by atoms with Crippen LogP contribution >= 0.6 is 11.6 Å². The number of hydrogen-bond donors (Lipinski definition) is 0. The standard InChI is InChI=1S/C11H5ClF9NO/c12-8-6(10(16,17)18)1-5(2-7(8)11(19,20)21)22(4-23)3-9(13,14)15/h1-2,4H,3H2. The fraction of sp³-hybridized carbons (Fsp3) is 0.364. The Balaban J connectivity index is 3.58. The molecule has 130 valence electrons. The summed E-state index contributed by atoms with van der Waals surface area (Å²) in [6.45, 7) is -2.06. The molecule has 1 rings (SSSR count). The second-order valence-electron chi connectivity index (χ2n) is 4.20. The van der Waals surface area contributed by atoms with Crippen LogP contribution in [-0.2, 0) is 17.1 Å². The number of nitrogens with zero attached hydrogens (tertiary/aromatic N) is 1. The molecule has 0 spiro atoms. The zero-order chi connectivity index (χ0) is 18.2. The van der Waals surface area contributed by atoms with E-state index in [1.807, 2.05) is 0 Å². The van der Waals surface area contributed by atoms with E-state index in [2.05, 4.69) is 0 Å². The molecule has 0 saturated carbocycles. The van der Waals surface area contributed by atoms with Crippen molar-refractivity contribution in [3.05, 3.63) is 28.3 Å². The van der Waals surface area contributed by atoms with Crippen molar-refractivity contribution in [2.45, 2.75) is 18.5 Å². The van der Waals surface area contributed by atoms with E-state index in [0.29, 0.717) is 0 Å². The Morgan fingerprint density at radius 2 is 1.30 bits per heavy atom. The van der Waals surface area contributed by atoms with Crippen molar-refractivity contribution in [3.8, 4) is 0 Å². The van der Waals surface area contributed by atoms with Crippen molar-refractivity contribution in [1.82, 2.24) is 0 Å². The molecule has 0 aliphatic carbocycles. The number of benzene rings is 1. The highest BCUT2D eigenvalue weighted by molar-refractivity contribution is 6.32. The van der Waals surface area contributed by atoms with Crippen LogP contribution in [0.15, 0.2) is 12.1 Å². The molecule has 1 aromatic carbocycles. The summed E-state index contributed by atoms with van der Waals surface area (Å²) in [5, 5.41) is -1.72. The lowest BCUT2D eigenvalue weighted by atomic mass is 10.1. The van der Waals surface area contributed by atoms with E-state index in [0.717, 1.165) is 0 Å². The van der Waals surface area contributed by atoms with Crippen molar-refractivity contribution >= 4 is 23.7 Å². The van der Waals surface area contributed by atoms with Crippen LogP contribution < -0.4 is 4.90 Å². The molecule has 12 heteroatoms. The molecular weight excluding hydrogens is 369 g/mol. The van der Waals surface area contributed by atoms with E-state index in [9.17, 15) is 44.3 Å². The highest BCUT2D eigenvalue weighted by Crippen LogP contribution is 2.44. The van der Waals surface area contributed by atoms with E-state index in [-0.39, 0.29) is 17.0 Å². The molecule has 0 heterocycles. The van der Waals surface area contributed by atoms with Crippen LogP contribution in [0, 0.1) is 0 Å². The molecule has 0 N–H and O–H groups in total. The SMILES string of the molecule is O=CN(CC(F)(F)F)c1cc(C(F)(F)F)c(Cl)c(C(F)(F)F)c1. The number of amides is 1. The minimum atomic E-state index is -5.36. The van der Waals surface area contributed by atoms with Crippen LogP contribution in [0.25, 0.3) is 0 Å². The summed E-state index contributed by atoms with van der Waals surface area (Å²) >= 11 is 5.06. The molecule has 0 fully saturated rings. The van der Waals surface area contributed by atoms with Gasteiger partial charge < -0.3 is 4.90 Å². The third kappa shape index (κ3) is 4.91. The number of rotatable bonds is 3. The van der Waals surface area contributed by atoms with Crippen LogP contribution in [0.4, 0.5) is 45.2 Å². The molecule has 1 aromatic rings. The first-order chi connectivity index (χ1) is 10.2. The van der Waals surface area contributed by atoms with Gasteiger partial charge in [0, 0.05) is 5.69 Å². The van der Waals surface area contributed by atoms with Gasteiger partial charge in [-0.25, -0.2) is 0 Å². The summed E-state index contributed by atoms with van der Waals surface area (Å²) in [6.07, 6.45) is -16.3. The predicted octanol–water partition coefficient (Wildman–Crippen LogP) is 4.90. The zero-order valence-electron chi connectivity index (χ0n) is 10.6. The summed E-state index contributed by atoms with van der Waals surface area (Å²) in [5.41, 5.74) is -5.24. The van der Waals surface area contributed by atoms with E-state index in [1.54, 1.807) is 0 Å². The van der Waals surface area contributed by atoms with Gasteiger partial charge in [0.25, 0.3) is 0 Å². The van der Waals surface area contributed by atoms with Crippen LogP contribution in [0.3, 0.4) is 0 Å². The van der Waals surface area contributed by atoms with Gasteiger partial charge in [-0.3, -0.25) is 4.79 Å². The van der Waals surface area contributed by atoms with Gasteiger partial charge in [0.15, 0.2) is 0 Å². The average molecular weight is 374 g/mol. The third-order valence-corrected chi connectivity index (χ3v) is 2.88. The molecule has 0 radical (unpaired) electrons. The van der Waals surface area contributed by atoms with Gasteiger partial charge in [0.2, 0.25) is 6.41 Å². The van der Waals surface area contributed by atoms with Gasteiger partial charge >= 0.3 is 18.5 Å². The number of halogens is 10. The zero-order valence-corrected chi connectivity index (χ0v) is 11.3. The number of alkyl halides is 9. The lowest BCUT2D eigenvalue weighted by Gasteiger charge is -2.23. The maximum atomic E-state index is 12.7. The molecule has 0 saturated heterocycles. The number of carbonyl (C=O) groups is 1. The molecule has 0 unspecified atom stereocenters. The average Bonchev–Trinajstić information content (AvgIpc) is 2.32. The molecule has 0 aliphatic rings. The lowest BCUT2D eigenvalue weighted by molar-refractivity contribution is -0.142. The summed E-state index contributed by atoms with van der Waals surface area (Å²) in [7, 11) is 0. The van der Waals surface area contributed by atoms with Crippen molar-refractivity contribution in [1.29, 1.82) is 0 Å². The fourth-order valence-electron chi connectivity index (χ4n) is 1.57. The van der Waals surface area contributed by atoms with Gasteiger partial charge in [-0.2, -0.15) is 39.5 Å². The van der Waals surface area contributed by atoms with E-state index in [4.69, 9.17) is 11.6 Å². The minimum Gasteiger partial charge on any atom is -0.306 e. The Bertz CT molecular complexity index is 556. The topological polar surface area (TPSA) is 20.3 Å². The molecule has 0 aliphatic heterocycles. The smallest absolute Gasteiger partial charge is 0.306 e. The largest absolute Gasteiger partial charge is 0.417 e. The Morgan fingerprint density at radius 1 is 0.913 bits per heavy atom. The predicted molar refractivity (Wildman–Crippen MR) is 60.9 cm³/mol. The summed E-state index contributed by atoms with van der Waals surface area (Å²) in [6, 6.07) is -0.116. The fourth-order valence-corrected chi connectivity index (χ4v) is 1.89. The first-order valence-corrected chi connectivity index (χ1v) is 5.81. The lowest BCUT2D eigenvalue weighted by Crippen LogP contribution is -2.33. The number of hydrogen-bond acceptors (Lipinski definition) is 1. The molecular formula is C11H5ClF9NO. The highest BCUT2D eigenvalue weighted by atomic mass is 35.5. The van der Waals surface area contributed by atoms with Gasteiger partial charge in [0.1, 0.15) is 6.54 Å². The van der Waals surface area contributed by atoms with Gasteiger partial charge in [-0.1, -0.05) is 11.6 Å². The van der Waals surface area contributed by atoms with E-state index < -0.39 is 53.3 Å². The van der Waals surface area contributed by atoms with Crippen molar-refractivity contribution in [3.63, 3.8) is 0 Å². The van der Waals surface area contributed by atoms with Gasteiger partial charge in [-0.05, 0) is 12.1 Å². The second-order valence-corrected chi connectivity index (χ2v) is 4.58. The van der Waals surface area contributed by atoms with E-state index in [1.165, 1.54) is 0 Å². The Morgan fingerprint density at radius 3 is 1.57 bits per heavy atom. The molecule has 2 nitrogen and oxygen atoms in total. The number of anilines is 1. The van der Waals surface area contributed by atoms with Gasteiger partial charge in [0.05, 0.1) is 16.1 Å².